The van der Waals surface area contributed by atoms with Crippen LogP contribution in [-0.2, 0) is 16.6 Å². The quantitative estimate of drug-likeness (QED) is 0.304. The number of pyridine rings is 1. The van der Waals surface area contributed by atoms with Crippen molar-refractivity contribution < 1.29 is 17.6 Å². The maximum absolute atomic E-state index is 13.8. The monoisotopic (exact) mass is 577 g/mol. The first-order valence-electron chi connectivity index (χ1n) is 13.5. The van der Waals surface area contributed by atoms with Crippen LogP contribution >= 0.6 is 0 Å². The number of benzene rings is 2. The smallest absolute Gasteiger partial charge is 0.274 e. The van der Waals surface area contributed by atoms with E-state index in [-0.39, 0.29) is 41.1 Å². The summed E-state index contributed by atoms with van der Waals surface area (Å²) >= 11 is 0. The average Bonchev–Trinajstić information content (AvgIpc) is 2.91. The molecule has 11 heteroatoms. The first-order chi connectivity index (χ1) is 18.9. The highest BCUT2D eigenvalue weighted by Gasteiger charge is 2.41. The van der Waals surface area contributed by atoms with Crippen molar-refractivity contribution in [2.75, 3.05) is 16.6 Å². The van der Waals surface area contributed by atoms with Gasteiger partial charge >= 0.3 is 0 Å². The van der Waals surface area contributed by atoms with E-state index in [1.54, 1.807) is 0 Å². The molecule has 2 aromatic heterocycles. The predicted molar refractivity (Wildman–Crippen MR) is 161 cm³/mol. The first-order valence-corrected chi connectivity index (χ1v) is 18.0. The SMILES string of the molecule is CC(C)(C)[Si](C)(C)Oc1c(C(=O)NCc2ccc3ccccc3c2)nc(N2CCCCS2(=O)=O)c2nccnc12. The minimum atomic E-state index is -3.62. The summed E-state index contributed by atoms with van der Waals surface area (Å²) in [5, 5.41) is 5.00. The van der Waals surface area contributed by atoms with E-state index in [0.717, 1.165) is 16.3 Å². The van der Waals surface area contributed by atoms with Crippen molar-refractivity contribution in [3.05, 3.63) is 66.1 Å². The maximum Gasteiger partial charge on any atom is 0.274 e. The number of nitrogens with zero attached hydrogens (tertiary/aromatic N) is 4. The van der Waals surface area contributed by atoms with E-state index in [1.807, 2.05) is 42.5 Å². The normalized spacial score (nSPS) is 15.8. The van der Waals surface area contributed by atoms with Gasteiger partial charge < -0.3 is 9.74 Å². The fourth-order valence-electron chi connectivity index (χ4n) is 4.46. The van der Waals surface area contributed by atoms with Crippen LogP contribution in [0.25, 0.3) is 21.8 Å². The van der Waals surface area contributed by atoms with Gasteiger partial charge in [0.15, 0.2) is 17.3 Å². The van der Waals surface area contributed by atoms with Gasteiger partial charge in [0, 0.05) is 25.5 Å². The largest absolute Gasteiger partial charge is 0.540 e. The van der Waals surface area contributed by atoms with E-state index < -0.39 is 24.2 Å². The minimum Gasteiger partial charge on any atom is -0.540 e. The zero-order valence-electron chi connectivity index (χ0n) is 23.6. The van der Waals surface area contributed by atoms with Gasteiger partial charge in [0.2, 0.25) is 10.0 Å². The Kier molecular flexibility index (Phi) is 7.30. The molecule has 1 amide bonds. The standard InChI is InChI=1S/C29H35N5O4SSi/c1-29(2,3)40(4,5)38-26-23-24(31-15-14-30-23)27(34-16-8-9-17-39(34,36)37)33-25(26)28(35)32-19-20-12-13-21-10-6-7-11-22(21)18-20/h6-7,10-15,18H,8-9,16-17,19H2,1-5H3,(H,32,35). The van der Waals surface area contributed by atoms with Gasteiger partial charge in [-0.2, -0.15) is 0 Å². The molecule has 4 aromatic rings. The Bertz CT molecular complexity index is 1700. The molecule has 0 radical (unpaired) electrons. The molecule has 0 saturated carbocycles. The van der Waals surface area contributed by atoms with Gasteiger partial charge in [-0.15, -0.1) is 0 Å². The number of anilines is 1. The summed E-state index contributed by atoms with van der Waals surface area (Å²) in [5.74, 6) is -0.0996. The molecule has 1 aliphatic heterocycles. The lowest BCUT2D eigenvalue weighted by molar-refractivity contribution is 0.0944. The van der Waals surface area contributed by atoms with Gasteiger partial charge in [-0.25, -0.2) is 23.4 Å². The molecule has 1 fully saturated rings. The van der Waals surface area contributed by atoms with Crippen molar-refractivity contribution in [1.82, 2.24) is 20.3 Å². The summed E-state index contributed by atoms with van der Waals surface area (Å²) in [6, 6.07) is 14.1. The zero-order valence-corrected chi connectivity index (χ0v) is 25.4. The van der Waals surface area contributed by atoms with Crippen LogP contribution in [0, 0.1) is 0 Å². The molecule has 1 N–H and O–H groups in total. The van der Waals surface area contributed by atoms with E-state index in [4.69, 9.17) is 4.43 Å². The maximum atomic E-state index is 13.8. The summed E-state index contributed by atoms with van der Waals surface area (Å²) in [7, 11) is -6.08. The van der Waals surface area contributed by atoms with Crippen molar-refractivity contribution in [1.29, 1.82) is 0 Å². The summed E-state index contributed by atoms with van der Waals surface area (Å²) in [6.07, 6.45) is 4.29. The van der Waals surface area contributed by atoms with Crippen LogP contribution in [0.15, 0.2) is 54.9 Å². The van der Waals surface area contributed by atoms with Crippen molar-refractivity contribution in [2.45, 2.75) is 58.3 Å². The number of sulfonamides is 1. The Balaban J connectivity index is 1.61. The zero-order chi connectivity index (χ0) is 28.7. The van der Waals surface area contributed by atoms with E-state index >= 15 is 0 Å². The molecule has 0 atom stereocenters. The van der Waals surface area contributed by atoms with E-state index in [0.29, 0.717) is 23.9 Å². The van der Waals surface area contributed by atoms with Crippen LogP contribution in [0.4, 0.5) is 5.82 Å². The number of carbonyl (C=O) groups is 1. The van der Waals surface area contributed by atoms with Crippen molar-refractivity contribution in [3.8, 4) is 5.75 Å². The van der Waals surface area contributed by atoms with Crippen LogP contribution in [0.2, 0.25) is 18.1 Å². The van der Waals surface area contributed by atoms with Crippen molar-refractivity contribution >= 4 is 51.9 Å². The molecule has 0 bridgehead atoms. The highest BCUT2D eigenvalue weighted by molar-refractivity contribution is 7.92. The number of nitrogens with one attached hydrogen (secondary N) is 1. The minimum absolute atomic E-state index is 0.00869. The number of rotatable bonds is 6. The van der Waals surface area contributed by atoms with Gasteiger partial charge in [-0.05, 0) is 53.4 Å². The Morgan fingerprint density at radius 1 is 1.02 bits per heavy atom. The Labute approximate surface area is 236 Å². The third kappa shape index (κ3) is 5.40. The lowest BCUT2D eigenvalue weighted by Crippen LogP contribution is -2.45. The van der Waals surface area contributed by atoms with E-state index in [2.05, 4.69) is 54.1 Å². The molecule has 40 heavy (non-hydrogen) atoms. The summed E-state index contributed by atoms with van der Waals surface area (Å²) in [5.41, 5.74) is 1.56. The van der Waals surface area contributed by atoms with E-state index in [1.165, 1.54) is 16.7 Å². The van der Waals surface area contributed by atoms with Crippen LogP contribution in [0.1, 0.15) is 49.7 Å². The molecule has 9 nitrogen and oxygen atoms in total. The summed E-state index contributed by atoms with van der Waals surface area (Å²) in [6.45, 7) is 11.0. The van der Waals surface area contributed by atoms with Crippen molar-refractivity contribution in [2.24, 2.45) is 0 Å². The molecule has 0 aliphatic carbocycles. The van der Waals surface area contributed by atoms with E-state index in [9.17, 15) is 13.2 Å². The van der Waals surface area contributed by atoms with Crippen LogP contribution in [0.3, 0.4) is 0 Å². The summed E-state index contributed by atoms with van der Waals surface area (Å²) < 4.78 is 34.1. The number of amides is 1. The van der Waals surface area contributed by atoms with Gasteiger partial charge in [0.05, 0.1) is 5.75 Å². The molecule has 2 aromatic carbocycles. The lowest BCUT2D eigenvalue weighted by Gasteiger charge is -2.37. The second kappa shape index (κ2) is 10.4. The number of fused-ring (bicyclic) bond motifs is 2. The Morgan fingerprint density at radius 2 is 1.73 bits per heavy atom. The van der Waals surface area contributed by atoms with Crippen molar-refractivity contribution in [3.63, 3.8) is 0 Å². The molecule has 1 saturated heterocycles. The molecule has 3 heterocycles. The second-order valence-corrected chi connectivity index (χ2v) is 18.4. The Hall–Kier alpha value is -3.57. The van der Waals surface area contributed by atoms with Crippen LogP contribution in [0.5, 0.6) is 5.75 Å². The van der Waals surface area contributed by atoms with Gasteiger partial charge in [-0.1, -0.05) is 57.2 Å². The highest BCUT2D eigenvalue weighted by Crippen LogP contribution is 2.41. The Morgan fingerprint density at radius 3 is 2.42 bits per heavy atom. The number of hydrogen-bond acceptors (Lipinski definition) is 7. The number of hydrogen-bond donors (Lipinski definition) is 1. The topological polar surface area (TPSA) is 114 Å². The molecule has 0 spiro atoms. The fourth-order valence-corrected chi connectivity index (χ4v) is 7.06. The van der Waals surface area contributed by atoms with Gasteiger partial charge in [0.25, 0.3) is 14.2 Å². The molecule has 210 valence electrons. The molecule has 0 unspecified atom stereocenters. The predicted octanol–water partition coefficient (Wildman–Crippen LogP) is 5.42. The summed E-state index contributed by atoms with van der Waals surface area (Å²) in [4.78, 5) is 27.5. The lowest BCUT2D eigenvalue weighted by atomic mass is 10.1. The molecule has 1 aliphatic rings. The van der Waals surface area contributed by atoms with Gasteiger partial charge in [-0.3, -0.25) is 9.10 Å². The van der Waals surface area contributed by atoms with Crippen LogP contribution < -0.4 is 14.0 Å². The van der Waals surface area contributed by atoms with Crippen LogP contribution in [-0.4, -0.2) is 49.9 Å². The molecular weight excluding hydrogens is 543 g/mol. The van der Waals surface area contributed by atoms with Gasteiger partial charge in [0.1, 0.15) is 11.0 Å². The molecule has 5 rings (SSSR count). The average molecular weight is 578 g/mol. The third-order valence-corrected chi connectivity index (χ3v) is 13.9. The number of aromatic nitrogens is 3. The fraction of sp³-hybridized carbons (Fsp3) is 0.379. The first kappa shape index (κ1) is 28.0. The third-order valence-electron chi connectivity index (χ3n) is 7.79. The molecular formula is C29H35N5O4SSi. The number of carbonyl (C=O) groups excluding carboxylic acids is 1. The second-order valence-electron chi connectivity index (χ2n) is 11.7. The highest BCUT2D eigenvalue weighted by atomic mass is 32.2.